The molecular formula is C20H20N4O4S. The van der Waals surface area contributed by atoms with E-state index in [9.17, 15) is 19.2 Å². The molecule has 0 fully saturated rings. The number of carbonyl (C=O) groups is 4. The van der Waals surface area contributed by atoms with Crippen molar-refractivity contribution in [3.63, 3.8) is 0 Å². The maximum atomic E-state index is 12.9. The second kappa shape index (κ2) is 7.32. The first-order chi connectivity index (χ1) is 13.8. The van der Waals surface area contributed by atoms with Crippen LogP contribution >= 0.6 is 11.3 Å². The summed E-state index contributed by atoms with van der Waals surface area (Å²) in [6.45, 7) is 2.35. The number of amides is 4. The number of nitrogens with one attached hydrogen (secondary N) is 2. The lowest BCUT2D eigenvalue weighted by Gasteiger charge is -2.27. The van der Waals surface area contributed by atoms with Gasteiger partial charge in [0.25, 0.3) is 11.8 Å². The second-order valence-electron chi connectivity index (χ2n) is 7.15. The summed E-state index contributed by atoms with van der Waals surface area (Å²) in [5.74, 6) is -0.659. The van der Waals surface area contributed by atoms with Crippen molar-refractivity contribution in [2.75, 3.05) is 30.8 Å². The van der Waals surface area contributed by atoms with E-state index in [1.54, 1.807) is 36.2 Å². The highest BCUT2D eigenvalue weighted by Gasteiger charge is 2.33. The van der Waals surface area contributed by atoms with Crippen LogP contribution in [0.4, 0.5) is 10.7 Å². The number of carbonyl (C=O) groups excluding carboxylic acids is 4. The van der Waals surface area contributed by atoms with E-state index < -0.39 is 0 Å². The summed E-state index contributed by atoms with van der Waals surface area (Å²) < 4.78 is 0. The Morgan fingerprint density at radius 3 is 2.55 bits per heavy atom. The van der Waals surface area contributed by atoms with E-state index in [4.69, 9.17) is 0 Å². The smallest absolute Gasteiger partial charge is 0.257 e. The van der Waals surface area contributed by atoms with Crippen LogP contribution in [0.2, 0.25) is 0 Å². The molecule has 0 atom stereocenters. The maximum absolute atomic E-state index is 12.9. The number of likely N-dealkylation sites (N-methyl/N-ethyl adjacent to an activating group) is 1. The predicted molar refractivity (Wildman–Crippen MR) is 109 cm³/mol. The van der Waals surface area contributed by atoms with E-state index >= 15 is 0 Å². The van der Waals surface area contributed by atoms with Crippen molar-refractivity contribution < 1.29 is 19.2 Å². The molecule has 4 rings (SSSR count). The minimum absolute atomic E-state index is 0.0358. The Morgan fingerprint density at radius 1 is 1.14 bits per heavy atom. The molecule has 2 aliphatic heterocycles. The summed E-state index contributed by atoms with van der Waals surface area (Å²) in [6, 6.07) is 6.76. The summed E-state index contributed by atoms with van der Waals surface area (Å²) >= 11 is 1.37. The normalized spacial score (nSPS) is 15.9. The molecule has 0 spiro atoms. The molecule has 0 unspecified atom stereocenters. The largest absolute Gasteiger partial charge is 0.333 e. The Hall–Kier alpha value is -3.20. The Morgan fingerprint density at radius 2 is 1.86 bits per heavy atom. The number of anilines is 2. The van der Waals surface area contributed by atoms with Gasteiger partial charge < -0.3 is 20.4 Å². The first kappa shape index (κ1) is 19.1. The van der Waals surface area contributed by atoms with Crippen molar-refractivity contribution in [2.24, 2.45) is 0 Å². The molecule has 2 N–H and O–H groups in total. The second-order valence-corrected chi connectivity index (χ2v) is 8.26. The lowest BCUT2D eigenvalue weighted by molar-refractivity contribution is -0.116. The van der Waals surface area contributed by atoms with Gasteiger partial charge in [0.05, 0.1) is 18.7 Å². The number of fused-ring (bicyclic) bond motifs is 3. The molecule has 1 aromatic carbocycles. The highest BCUT2D eigenvalue weighted by Crippen LogP contribution is 2.39. The minimum Gasteiger partial charge on any atom is -0.333 e. The van der Waals surface area contributed by atoms with Gasteiger partial charge in [-0.05, 0) is 36.2 Å². The fourth-order valence-electron chi connectivity index (χ4n) is 3.62. The van der Waals surface area contributed by atoms with Crippen LogP contribution in [-0.2, 0) is 22.6 Å². The molecule has 1 aromatic heterocycles. The van der Waals surface area contributed by atoms with E-state index in [-0.39, 0.29) is 30.2 Å². The molecule has 8 nitrogen and oxygen atoms in total. The van der Waals surface area contributed by atoms with Crippen molar-refractivity contribution in [1.29, 1.82) is 0 Å². The lowest BCUT2D eigenvalue weighted by Crippen LogP contribution is -2.36. The van der Waals surface area contributed by atoms with Gasteiger partial charge >= 0.3 is 0 Å². The average molecular weight is 412 g/mol. The van der Waals surface area contributed by atoms with Crippen molar-refractivity contribution in [1.82, 2.24) is 9.80 Å². The molecule has 9 heteroatoms. The van der Waals surface area contributed by atoms with Crippen LogP contribution in [0.25, 0.3) is 0 Å². The van der Waals surface area contributed by atoms with Crippen LogP contribution in [0.15, 0.2) is 24.3 Å². The van der Waals surface area contributed by atoms with E-state index in [0.29, 0.717) is 41.3 Å². The van der Waals surface area contributed by atoms with Gasteiger partial charge in [-0.25, -0.2) is 0 Å². The van der Waals surface area contributed by atoms with Crippen molar-refractivity contribution in [3.05, 3.63) is 45.8 Å². The van der Waals surface area contributed by atoms with Gasteiger partial charge in [-0.15, -0.1) is 11.3 Å². The molecule has 0 saturated carbocycles. The zero-order valence-electron chi connectivity index (χ0n) is 16.1. The zero-order valence-corrected chi connectivity index (χ0v) is 16.9. The quantitative estimate of drug-likeness (QED) is 0.787. The molecule has 0 bridgehead atoms. The number of hydrogen-bond donors (Lipinski definition) is 2. The third-order valence-electron chi connectivity index (χ3n) is 4.99. The lowest BCUT2D eigenvalue weighted by atomic mass is 10.0. The summed E-state index contributed by atoms with van der Waals surface area (Å²) in [7, 11) is 1.62. The van der Waals surface area contributed by atoms with Crippen LogP contribution in [0.3, 0.4) is 0 Å². The maximum Gasteiger partial charge on any atom is 0.257 e. The molecule has 4 amide bonds. The summed E-state index contributed by atoms with van der Waals surface area (Å²) in [4.78, 5) is 52.8. The molecule has 0 saturated heterocycles. The summed E-state index contributed by atoms with van der Waals surface area (Å²) in [5, 5.41) is 6.06. The highest BCUT2D eigenvalue weighted by molar-refractivity contribution is 7.17. The van der Waals surface area contributed by atoms with Crippen LogP contribution in [0.1, 0.15) is 38.1 Å². The van der Waals surface area contributed by atoms with E-state index in [2.05, 4.69) is 10.6 Å². The highest BCUT2D eigenvalue weighted by atomic mass is 32.1. The monoisotopic (exact) mass is 412 g/mol. The number of thiophene rings is 1. The fraction of sp³-hybridized carbons (Fsp3) is 0.300. The van der Waals surface area contributed by atoms with Gasteiger partial charge in [0.1, 0.15) is 5.00 Å². The van der Waals surface area contributed by atoms with Crippen LogP contribution in [0, 0.1) is 0 Å². The summed E-state index contributed by atoms with van der Waals surface area (Å²) in [5.41, 5.74) is 2.65. The van der Waals surface area contributed by atoms with Gasteiger partial charge in [0, 0.05) is 36.6 Å². The van der Waals surface area contributed by atoms with E-state index in [1.165, 1.54) is 23.2 Å². The molecule has 0 aliphatic carbocycles. The third kappa shape index (κ3) is 3.61. The van der Waals surface area contributed by atoms with Gasteiger partial charge in [-0.1, -0.05) is 0 Å². The average Bonchev–Trinajstić information content (AvgIpc) is 2.98. The van der Waals surface area contributed by atoms with Gasteiger partial charge in [-0.2, -0.15) is 0 Å². The Balaban J connectivity index is 1.56. The molecular weight excluding hydrogens is 392 g/mol. The molecule has 29 heavy (non-hydrogen) atoms. The van der Waals surface area contributed by atoms with Crippen molar-refractivity contribution in [3.8, 4) is 0 Å². The van der Waals surface area contributed by atoms with E-state index in [0.717, 1.165) is 10.4 Å². The fourth-order valence-corrected chi connectivity index (χ4v) is 4.89. The Bertz CT molecular complexity index is 1030. The minimum atomic E-state index is -0.217. The van der Waals surface area contributed by atoms with Crippen molar-refractivity contribution in [2.45, 2.75) is 19.9 Å². The topological polar surface area (TPSA) is 98.8 Å². The number of nitrogens with zero attached hydrogens (tertiary/aromatic N) is 2. The Kier molecular flexibility index (Phi) is 4.83. The molecule has 3 heterocycles. The van der Waals surface area contributed by atoms with Crippen LogP contribution in [-0.4, -0.2) is 53.6 Å². The van der Waals surface area contributed by atoms with Gasteiger partial charge in [0.2, 0.25) is 11.8 Å². The Labute approximate surface area is 171 Å². The number of rotatable bonds is 2. The SMILES string of the molecule is CC(=O)Nc1ccc(C(=O)N2CCc3c(sc4c3C(=O)N(C)CC(=O)N4)C2)cc1. The number of hydrogen-bond acceptors (Lipinski definition) is 5. The predicted octanol–water partition coefficient (Wildman–Crippen LogP) is 1.93. The van der Waals surface area contributed by atoms with Gasteiger partial charge in [-0.3, -0.25) is 19.2 Å². The zero-order chi connectivity index (χ0) is 20.7. The van der Waals surface area contributed by atoms with Crippen molar-refractivity contribution >= 4 is 45.7 Å². The molecule has 150 valence electrons. The van der Waals surface area contributed by atoms with Crippen LogP contribution < -0.4 is 10.6 Å². The molecule has 2 aromatic rings. The standard InChI is InChI=1S/C20H20N4O4S/c1-11(25)21-13-5-3-12(4-6-13)19(27)24-8-7-14-15(9-24)29-18-17(14)20(28)23(2)10-16(26)22-18/h3-6H,7-10H2,1-2H3,(H,21,25)(H,22,26). The van der Waals surface area contributed by atoms with E-state index in [1.807, 2.05) is 0 Å². The molecule has 2 aliphatic rings. The van der Waals surface area contributed by atoms with Crippen LogP contribution in [0.5, 0.6) is 0 Å². The first-order valence-corrected chi connectivity index (χ1v) is 10.0. The first-order valence-electron chi connectivity index (χ1n) is 9.20. The summed E-state index contributed by atoms with van der Waals surface area (Å²) in [6.07, 6.45) is 0.562. The molecule has 0 radical (unpaired) electrons. The van der Waals surface area contributed by atoms with Gasteiger partial charge in [0.15, 0.2) is 0 Å². The number of benzene rings is 1. The third-order valence-corrected chi connectivity index (χ3v) is 6.12.